The van der Waals surface area contributed by atoms with Gasteiger partial charge in [0.2, 0.25) is 5.91 Å². The van der Waals surface area contributed by atoms with Gasteiger partial charge >= 0.3 is 5.97 Å². The molecule has 1 heterocycles. The van der Waals surface area contributed by atoms with Gasteiger partial charge in [-0.3, -0.25) is 9.59 Å². The van der Waals surface area contributed by atoms with Crippen LogP contribution in [-0.2, 0) is 23.1 Å². The number of benzene rings is 1. The van der Waals surface area contributed by atoms with Crippen LogP contribution in [0.4, 0.5) is 4.39 Å². The number of amides is 1. The van der Waals surface area contributed by atoms with Crippen molar-refractivity contribution in [3.63, 3.8) is 0 Å². The molecular formula is C23H29FN2O4. The molecule has 162 valence electrons. The first kappa shape index (κ1) is 23.3. The lowest BCUT2D eigenvalue weighted by molar-refractivity contribution is -0.136. The van der Waals surface area contributed by atoms with Crippen molar-refractivity contribution in [3.8, 4) is 0 Å². The van der Waals surface area contributed by atoms with Gasteiger partial charge in [0, 0.05) is 30.8 Å². The number of nitrogens with zero attached hydrogens (tertiary/aromatic N) is 2. The molecule has 0 saturated heterocycles. The zero-order valence-corrected chi connectivity index (χ0v) is 18.6. The fourth-order valence-electron chi connectivity index (χ4n) is 3.60. The molecule has 0 unspecified atom stereocenters. The smallest absolute Gasteiger partial charge is 0.354 e. The Bertz CT molecular complexity index is 961. The van der Waals surface area contributed by atoms with Gasteiger partial charge in [-0.25, -0.2) is 9.18 Å². The quantitative estimate of drug-likeness (QED) is 0.508. The largest absolute Gasteiger partial charge is 0.464 e. The van der Waals surface area contributed by atoms with Crippen LogP contribution in [0, 0.1) is 25.6 Å². The molecule has 0 fully saturated rings. The molecule has 1 amide bonds. The molecule has 0 radical (unpaired) electrons. The Morgan fingerprint density at radius 3 is 2.17 bits per heavy atom. The lowest BCUT2D eigenvalue weighted by atomic mass is 9.98. The molecule has 7 heteroatoms. The monoisotopic (exact) mass is 416 g/mol. The number of esters is 1. The molecule has 0 N–H and O–H groups in total. The summed E-state index contributed by atoms with van der Waals surface area (Å²) in [5.41, 5.74) is 2.60. The summed E-state index contributed by atoms with van der Waals surface area (Å²) in [6.45, 7) is 8.85. The van der Waals surface area contributed by atoms with E-state index >= 15 is 0 Å². The third-order valence-electron chi connectivity index (χ3n) is 5.45. The first-order valence-corrected chi connectivity index (χ1v) is 9.84. The molecule has 0 aliphatic carbocycles. The Balaban J connectivity index is 2.46. The molecule has 0 bridgehead atoms. The number of hydrogen-bond acceptors (Lipinski definition) is 4. The van der Waals surface area contributed by atoms with Crippen LogP contribution in [0.2, 0.25) is 0 Å². The van der Waals surface area contributed by atoms with Crippen LogP contribution in [-0.4, -0.2) is 40.3 Å². The van der Waals surface area contributed by atoms with Crippen LogP contribution in [0.1, 0.15) is 58.4 Å². The molecule has 1 aromatic heterocycles. The van der Waals surface area contributed by atoms with Gasteiger partial charge in [0.05, 0.1) is 13.2 Å². The molecule has 1 atom stereocenters. The highest BCUT2D eigenvalue weighted by Gasteiger charge is 2.33. The van der Waals surface area contributed by atoms with Crippen molar-refractivity contribution in [2.24, 2.45) is 13.0 Å². The Morgan fingerprint density at radius 2 is 1.67 bits per heavy atom. The van der Waals surface area contributed by atoms with E-state index in [-0.39, 0.29) is 30.0 Å². The number of ketones is 1. The molecule has 0 spiro atoms. The van der Waals surface area contributed by atoms with Gasteiger partial charge in [0.25, 0.3) is 0 Å². The molecule has 2 aromatic rings. The molecular weight excluding hydrogens is 387 g/mol. The number of halogens is 1. The first-order valence-electron chi connectivity index (χ1n) is 9.84. The van der Waals surface area contributed by atoms with Gasteiger partial charge in [0.1, 0.15) is 11.5 Å². The molecule has 30 heavy (non-hydrogen) atoms. The van der Waals surface area contributed by atoms with E-state index in [1.807, 2.05) is 0 Å². The molecule has 0 aliphatic heterocycles. The summed E-state index contributed by atoms with van der Waals surface area (Å²) in [6.07, 6.45) is 0. The van der Waals surface area contributed by atoms with E-state index in [9.17, 15) is 18.8 Å². The van der Waals surface area contributed by atoms with Crippen molar-refractivity contribution in [2.75, 3.05) is 7.11 Å². The SMILES string of the molecule is COC(=O)c1c(C)c(C(=O)[C@H](C)N(Cc2ccc(F)cc2)C(=O)C(C)C)c(C)n1C. The van der Waals surface area contributed by atoms with E-state index in [0.29, 0.717) is 22.5 Å². The summed E-state index contributed by atoms with van der Waals surface area (Å²) >= 11 is 0. The standard InChI is InChI=1S/C23H29FN2O4/c1-13(2)22(28)26(12-17-8-10-18(24)11-9-17)16(5)21(27)19-14(3)20(23(29)30-7)25(6)15(19)4/h8-11,13,16H,12H2,1-7H3/t16-/m0/s1. The van der Waals surface area contributed by atoms with Crippen LogP contribution in [0.3, 0.4) is 0 Å². The topological polar surface area (TPSA) is 68.6 Å². The second-order valence-electron chi connectivity index (χ2n) is 7.77. The fraction of sp³-hybridized carbons (Fsp3) is 0.435. The number of carbonyl (C=O) groups excluding carboxylic acids is 3. The van der Waals surface area contributed by atoms with E-state index in [2.05, 4.69) is 0 Å². The minimum atomic E-state index is -0.768. The fourth-order valence-corrected chi connectivity index (χ4v) is 3.60. The van der Waals surface area contributed by atoms with E-state index in [4.69, 9.17) is 4.74 Å². The van der Waals surface area contributed by atoms with Gasteiger partial charge < -0.3 is 14.2 Å². The molecule has 0 saturated carbocycles. The maximum Gasteiger partial charge on any atom is 0.354 e. The van der Waals surface area contributed by atoms with Crippen LogP contribution in [0.25, 0.3) is 0 Å². The lowest BCUT2D eigenvalue weighted by Crippen LogP contribution is -2.44. The minimum absolute atomic E-state index is 0.180. The van der Waals surface area contributed by atoms with Crippen LogP contribution in [0.5, 0.6) is 0 Å². The van der Waals surface area contributed by atoms with Crippen LogP contribution < -0.4 is 0 Å². The number of Topliss-reactive ketones (excluding diaryl/α,β-unsaturated/α-hetero) is 1. The maximum atomic E-state index is 13.5. The third kappa shape index (κ3) is 4.45. The second kappa shape index (κ2) is 9.24. The van der Waals surface area contributed by atoms with Crippen molar-refractivity contribution in [1.82, 2.24) is 9.47 Å². The third-order valence-corrected chi connectivity index (χ3v) is 5.45. The highest BCUT2D eigenvalue weighted by Crippen LogP contribution is 2.25. The van der Waals surface area contributed by atoms with E-state index < -0.39 is 12.0 Å². The zero-order chi connectivity index (χ0) is 22.7. The molecule has 1 aromatic carbocycles. The summed E-state index contributed by atoms with van der Waals surface area (Å²) in [7, 11) is 2.99. The average Bonchev–Trinajstić information content (AvgIpc) is 2.93. The van der Waals surface area contributed by atoms with Gasteiger partial charge in [-0.2, -0.15) is 0 Å². The van der Waals surface area contributed by atoms with Gasteiger partial charge in [0.15, 0.2) is 5.78 Å². The van der Waals surface area contributed by atoms with E-state index in [0.717, 1.165) is 5.56 Å². The normalized spacial score (nSPS) is 12.0. The van der Waals surface area contributed by atoms with E-state index in [1.54, 1.807) is 58.4 Å². The van der Waals surface area contributed by atoms with Gasteiger partial charge in [-0.15, -0.1) is 0 Å². The molecule has 2 rings (SSSR count). The van der Waals surface area contributed by atoms with Crippen molar-refractivity contribution < 1.29 is 23.5 Å². The zero-order valence-electron chi connectivity index (χ0n) is 18.6. The number of ether oxygens (including phenoxy) is 1. The Hall–Kier alpha value is -2.96. The van der Waals surface area contributed by atoms with Crippen LogP contribution >= 0.6 is 0 Å². The number of rotatable bonds is 7. The summed E-state index contributed by atoms with van der Waals surface area (Å²) in [5.74, 6) is -1.64. The van der Waals surface area contributed by atoms with Crippen molar-refractivity contribution >= 4 is 17.7 Å². The summed E-state index contributed by atoms with van der Waals surface area (Å²) in [5, 5.41) is 0. The van der Waals surface area contributed by atoms with E-state index in [1.165, 1.54) is 24.1 Å². The number of methoxy groups -OCH3 is 1. The minimum Gasteiger partial charge on any atom is -0.464 e. The average molecular weight is 416 g/mol. The molecule has 6 nitrogen and oxygen atoms in total. The maximum absolute atomic E-state index is 13.5. The van der Waals surface area contributed by atoms with Gasteiger partial charge in [-0.05, 0) is 44.0 Å². The Kier molecular flexibility index (Phi) is 7.18. The lowest BCUT2D eigenvalue weighted by Gasteiger charge is -2.30. The van der Waals surface area contributed by atoms with Gasteiger partial charge in [-0.1, -0.05) is 26.0 Å². The first-order chi connectivity index (χ1) is 14.0. The predicted octanol–water partition coefficient (Wildman–Crippen LogP) is 3.82. The van der Waals surface area contributed by atoms with Crippen molar-refractivity contribution in [3.05, 3.63) is 58.2 Å². The number of carbonyl (C=O) groups is 3. The van der Waals surface area contributed by atoms with Crippen LogP contribution in [0.15, 0.2) is 24.3 Å². The van der Waals surface area contributed by atoms with Crippen molar-refractivity contribution in [1.29, 1.82) is 0 Å². The summed E-state index contributed by atoms with van der Waals surface area (Å²) < 4.78 is 19.7. The predicted molar refractivity (Wildman–Crippen MR) is 112 cm³/mol. The summed E-state index contributed by atoms with van der Waals surface area (Å²) in [6, 6.07) is 5.08. The number of aromatic nitrogens is 1. The second-order valence-corrected chi connectivity index (χ2v) is 7.77. The Labute approximate surface area is 176 Å². The van der Waals surface area contributed by atoms with Crippen molar-refractivity contribution in [2.45, 2.75) is 47.2 Å². The molecule has 0 aliphatic rings. The summed E-state index contributed by atoms with van der Waals surface area (Å²) in [4.78, 5) is 40.0. The highest BCUT2D eigenvalue weighted by atomic mass is 19.1. The number of hydrogen-bond donors (Lipinski definition) is 0. The highest BCUT2D eigenvalue weighted by molar-refractivity contribution is 6.06. The Morgan fingerprint density at radius 1 is 1.10 bits per heavy atom.